The van der Waals surface area contributed by atoms with Crippen molar-refractivity contribution in [3.8, 4) is 5.81 Å². The van der Waals surface area contributed by atoms with Crippen LogP contribution in [0.3, 0.4) is 0 Å². The summed E-state index contributed by atoms with van der Waals surface area (Å²) >= 11 is 0. The molecule has 6 heteroatoms. The monoisotopic (exact) mass is 227 g/mol. The molecule has 0 aliphatic heterocycles. The summed E-state index contributed by atoms with van der Waals surface area (Å²) in [6, 6.07) is 9.22. The molecule has 0 saturated carbocycles. The lowest BCUT2D eigenvalue weighted by Crippen LogP contribution is -1.86. The molecule has 0 heterocycles. The lowest BCUT2D eigenvalue weighted by molar-refractivity contribution is 0.288. The highest BCUT2D eigenvalue weighted by Gasteiger charge is 2.26. The van der Waals surface area contributed by atoms with Crippen LogP contribution in [0.4, 0.5) is 5.69 Å². The molecular formula is C9H12N2O3P+. The third kappa shape index (κ3) is 3.72. The molecule has 0 amide bonds. The number of para-hydroxylation sites is 1. The molecular weight excluding hydrogens is 215 g/mol. The molecule has 0 saturated heterocycles. The number of nitrogens with zero attached hydrogens (tertiary/aromatic N) is 1. The van der Waals surface area contributed by atoms with E-state index in [1.165, 1.54) is 14.2 Å². The van der Waals surface area contributed by atoms with Crippen LogP contribution in [0.25, 0.3) is 4.95 Å². The second-order valence-corrected chi connectivity index (χ2v) is 4.48. The van der Waals surface area contributed by atoms with Crippen LogP contribution >= 0.6 is 7.60 Å². The van der Waals surface area contributed by atoms with Crippen molar-refractivity contribution >= 4 is 13.3 Å². The van der Waals surface area contributed by atoms with E-state index in [0.717, 1.165) is 5.69 Å². The van der Waals surface area contributed by atoms with Crippen molar-refractivity contribution < 1.29 is 13.6 Å². The summed E-state index contributed by atoms with van der Waals surface area (Å²) in [5.74, 6) is 2.27. The molecule has 80 valence electrons. The molecule has 1 aromatic rings. The molecule has 1 aromatic carbocycles. The van der Waals surface area contributed by atoms with Gasteiger partial charge in [-0.1, -0.05) is 18.2 Å². The predicted molar refractivity (Wildman–Crippen MR) is 58.9 cm³/mol. The van der Waals surface area contributed by atoms with E-state index < -0.39 is 7.60 Å². The minimum absolute atomic E-state index is 0.767. The molecule has 5 nitrogen and oxygen atoms in total. The number of hydrogen-bond acceptors (Lipinski definition) is 4. The number of benzene rings is 1. The summed E-state index contributed by atoms with van der Waals surface area (Å²) in [4.78, 5) is 3.64. The summed E-state index contributed by atoms with van der Waals surface area (Å²) in [7, 11) is -0.751. The van der Waals surface area contributed by atoms with Gasteiger partial charge in [-0.25, -0.2) is 4.57 Å². The molecule has 0 aliphatic rings. The second kappa shape index (κ2) is 5.52. The van der Waals surface area contributed by atoms with Gasteiger partial charge in [-0.2, -0.15) is 0 Å². The van der Waals surface area contributed by atoms with E-state index in [1.54, 1.807) is 0 Å². The maximum atomic E-state index is 11.5. The minimum Gasteiger partial charge on any atom is -0.298 e. The van der Waals surface area contributed by atoms with Crippen molar-refractivity contribution in [1.29, 1.82) is 0 Å². The summed E-state index contributed by atoms with van der Waals surface area (Å²) in [5, 5.41) is 0. The average Bonchev–Trinajstić information content (AvgIpc) is 2.30. The van der Waals surface area contributed by atoms with E-state index in [-0.39, 0.29) is 0 Å². The van der Waals surface area contributed by atoms with E-state index in [2.05, 4.69) is 25.2 Å². The molecule has 0 spiro atoms. The highest BCUT2D eigenvalue weighted by Crippen LogP contribution is 2.44. The summed E-state index contributed by atoms with van der Waals surface area (Å²) in [5.41, 5.74) is 3.42. The van der Waals surface area contributed by atoms with Gasteiger partial charge in [0.05, 0.1) is 4.95 Å². The van der Waals surface area contributed by atoms with Gasteiger partial charge in [0.25, 0.3) is 0 Å². The Morgan fingerprint density at radius 2 is 1.87 bits per heavy atom. The van der Waals surface area contributed by atoms with Crippen molar-refractivity contribution in [3.63, 3.8) is 0 Å². The Balaban J connectivity index is 2.65. The molecule has 0 fully saturated rings. The van der Waals surface area contributed by atoms with Crippen LogP contribution in [0.5, 0.6) is 0 Å². The minimum atomic E-state index is -3.30. The first-order chi connectivity index (χ1) is 7.20. The van der Waals surface area contributed by atoms with Gasteiger partial charge < -0.3 is 0 Å². The molecule has 0 bridgehead atoms. The fourth-order valence-electron chi connectivity index (χ4n) is 0.820. The largest absolute Gasteiger partial charge is 0.483 e. The Kier molecular flexibility index (Phi) is 4.32. The van der Waals surface area contributed by atoms with Crippen LogP contribution in [-0.4, -0.2) is 14.2 Å². The van der Waals surface area contributed by atoms with Gasteiger partial charge in [-0.3, -0.25) is 9.05 Å². The fraction of sp³-hybridized carbons (Fsp3) is 0.222. The molecule has 15 heavy (non-hydrogen) atoms. The van der Waals surface area contributed by atoms with E-state index in [0.29, 0.717) is 0 Å². The number of rotatable bonds is 3. The van der Waals surface area contributed by atoms with Crippen LogP contribution in [0.2, 0.25) is 0 Å². The third-order valence-corrected chi connectivity index (χ3v) is 2.92. The highest BCUT2D eigenvalue weighted by molar-refractivity contribution is 7.59. The van der Waals surface area contributed by atoms with E-state index >= 15 is 0 Å². The Bertz CT molecular complexity index is 402. The molecule has 0 radical (unpaired) electrons. The zero-order valence-corrected chi connectivity index (χ0v) is 9.40. The maximum absolute atomic E-state index is 11.5. The van der Waals surface area contributed by atoms with Crippen LogP contribution in [0, 0.1) is 5.81 Å². The third-order valence-electron chi connectivity index (χ3n) is 1.61. The van der Waals surface area contributed by atoms with Crippen LogP contribution in [0.1, 0.15) is 0 Å². The first-order valence-corrected chi connectivity index (χ1v) is 5.74. The predicted octanol–water partition coefficient (Wildman–Crippen LogP) is 2.79. The van der Waals surface area contributed by atoms with Gasteiger partial charge in [-0.05, 0) is 17.6 Å². The summed E-state index contributed by atoms with van der Waals surface area (Å²) in [6.07, 6.45) is 0. The molecule has 0 unspecified atom stereocenters. The van der Waals surface area contributed by atoms with Crippen molar-refractivity contribution in [3.05, 3.63) is 35.3 Å². The normalized spacial score (nSPS) is 10.3. The van der Waals surface area contributed by atoms with Gasteiger partial charge in [0.2, 0.25) is 0 Å². The van der Waals surface area contributed by atoms with Crippen molar-refractivity contribution in [1.82, 2.24) is 0 Å². The zero-order chi connectivity index (χ0) is 11.1. The molecule has 1 N–H and O–H groups in total. The van der Waals surface area contributed by atoms with Crippen LogP contribution in [0.15, 0.2) is 30.3 Å². The van der Waals surface area contributed by atoms with Gasteiger partial charge in [0.15, 0.2) is 0 Å². The van der Waals surface area contributed by atoms with Gasteiger partial charge >= 0.3 is 13.4 Å². The van der Waals surface area contributed by atoms with Crippen molar-refractivity contribution in [2.24, 2.45) is 0 Å². The van der Waals surface area contributed by atoms with Crippen molar-refractivity contribution in [2.75, 3.05) is 19.6 Å². The van der Waals surface area contributed by atoms with Gasteiger partial charge in [0.1, 0.15) is 5.69 Å². The van der Waals surface area contributed by atoms with Crippen LogP contribution in [-0.2, 0) is 13.6 Å². The van der Waals surface area contributed by atoms with E-state index in [4.69, 9.17) is 0 Å². The summed E-state index contributed by atoms with van der Waals surface area (Å²) in [6.45, 7) is 0. The Morgan fingerprint density at radius 3 is 2.40 bits per heavy atom. The lowest BCUT2D eigenvalue weighted by Gasteiger charge is -1.97. The smallest absolute Gasteiger partial charge is 0.298 e. The number of nitrogens with one attached hydrogen (secondary N) is 1. The molecule has 0 aliphatic carbocycles. The molecule has 1 rings (SSSR count). The maximum Gasteiger partial charge on any atom is 0.483 e. The van der Waals surface area contributed by atoms with Gasteiger partial charge in [0, 0.05) is 14.2 Å². The molecule has 0 atom stereocenters. The quantitative estimate of drug-likeness (QED) is 0.637. The Hall–Kier alpha value is -1.34. The van der Waals surface area contributed by atoms with E-state index in [1.807, 2.05) is 30.3 Å². The topological polar surface area (TPSA) is 51.9 Å². The first-order valence-electron chi connectivity index (χ1n) is 4.20. The fourth-order valence-corrected chi connectivity index (χ4v) is 1.30. The van der Waals surface area contributed by atoms with Gasteiger partial charge in [-0.15, -0.1) is 0 Å². The van der Waals surface area contributed by atoms with Crippen molar-refractivity contribution in [2.45, 2.75) is 0 Å². The Morgan fingerprint density at radius 1 is 1.27 bits per heavy atom. The molecule has 0 aromatic heterocycles. The number of anilines is 1. The standard InChI is InChI=1S/C9H12N2O3P/c1-13-15(12,14-2)8-10-11-9-6-4-3-5-7-9/h3-7,11H,1-2H3/q+1. The van der Waals surface area contributed by atoms with E-state index in [9.17, 15) is 4.57 Å². The Labute approximate surface area is 88.3 Å². The lowest BCUT2D eigenvalue weighted by atomic mass is 10.3. The second-order valence-electron chi connectivity index (χ2n) is 2.55. The summed E-state index contributed by atoms with van der Waals surface area (Å²) < 4.78 is 20.7. The SMILES string of the molecule is COP(=O)(C#[N+]Nc1ccccc1)OC. The highest BCUT2D eigenvalue weighted by atomic mass is 31.2. The van der Waals surface area contributed by atoms with Crippen LogP contribution < -0.4 is 5.43 Å². The average molecular weight is 227 g/mol. The first kappa shape index (κ1) is 11.7. The number of hydrogen-bond donors (Lipinski definition) is 1. The zero-order valence-electron chi connectivity index (χ0n) is 8.51.